The van der Waals surface area contributed by atoms with Gasteiger partial charge in [0.15, 0.2) is 5.65 Å². The van der Waals surface area contributed by atoms with E-state index in [-0.39, 0.29) is 0 Å². The van der Waals surface area contributed by atoms with Crippen molar-refractivity contribution in [2.24, 2.45) is 0 Å². The maximum Gasteiger partial charge on any atom is 0.319 e. The Bertz CT molecular complexity index is 1030. The number of nitrogens with one attached hydrogen (secondary N) is 4. The molecule has 9 heteroatoms. The number of carbonyl (C=O) groups excluding carboxylic acids is 1. The number of aromatic nitrogens is 3. The molecule has 4 rings (SSSR count). The zero-order chi connectivity index (χ0) is 19.8. The van der Waals surface area contributed by atoms with Crippen LogP contribution in [0.25, 0.3) is 5.65 Å². The third-order valence-corrected chi connectivity index (χ3v) is 4.50. The van der Waals surface area contributed by atoms with Crippen LogP contribution in [0, 0.1) is 13.8 Å². The molecule has 2 amide bonds. The average Bonchev–Trinajstić information content (AvgIpc) is 3.16. The van der Waals surface area contributed by atoms with Gasteiger partial charge in [0.2, 0.25) is 0 Å². The Morgan fingerprint density at radius 3 is 2.57 bits per heavy atom. The van der Waals surface area contributed by atoms with Crippen LogP contribution in [0.5, 0.6) is 0 Å². The number of amides is 2. The summed E-state index contributed by atoms with van der Waals surface area (Å²) < 4.78 is 14.6. The SMILES string of the molecule is CNc1cc(Nc2cc(C)cc(C)c2)nc2c(NC(=O)N[C@@H]3C[C@@H]3F)cnn12. The monoisotopic (exact) mass is 383 g/mol. The number of aryl methyl sites for hydroxylation is 2. The zero-order valence-corrected chi connectivity index (χ0v) is 15.9. The molecule has 0 spiro atoms. The molecule has 8 nitrogen and oxygen atoms in total. The molecular formula is C19H22FN7O. The highest BCUT2D eigenvalue weighted by Crippen LogP contribution is 2.27. The lowest BCUT2D eigenvalue weighted by Gasteiger charge is -2.12. The van der Waals surface area contributed by atoms with Gasteiger partial charge in [0.05, 0.1) is 12.2 Å². The number of alkyl halides is 1. The summed E-state index contributed by atoms with van der Waals surface area (Å²) in [7, 11) is 1.78. The van der Waals surface area contributed by atoms with Crippen LogP contribution in [0.4, 0.5) is 32.2 Å². The molecule has 0 saturated heterocycles. The van der Waals surface area contributed by atoms with Gasteiger partial charge < -0.3 is 21.3 Å². The van der Waals surface area contributed by atoms with Crippen LogP contribution < -0.4 is 21.3 Å². The van der Waals surface area contributed by atoms with E-state index in [1.807, 2.05) is 32.0 Å². The Labute approximate surface area is 161 Å². The fraction of sp³-hybridized carbons (Fsp3) is 0.316. The minimum Gasteiger partial charge on any atom is -0.373 e. The number of benzene rings is 1. The smallest absolute Gasteiger partial charge is 0.319 e. The lowest BCUT2D eigenvalue weighted by atomic mass is 10.1. The molecule has 1 saturated carbocycles. The van der Waals surface area contributed by atoms with E-state index in [0.717, 1.165) is 16.8 Å². The predicted octanol–water partition coefficient (Wildman–Crippen LogP) is 3.36. The summed E-state index contributed by atoms with van der Waals surface area (Å²) in [5.74, 6) is 1.31. The van der Waals surface area contributed by atoms with E-state index in [0.29, 0.717) is 29.4 Å². The van der Waals surface area contributed by atoms with E-state index in [1.165, 1.54) is 6.20 Å². The molecule has 0 unspecified atom stereocenters. The Morgan fingerprint density at radius 1 is 1.21 bits per heavy atom. The standard InChI is InChI=1S/C19H22FN7O/c1-10-4-11(2)6-12(5-10)23-16-8-17(21-3)27-18(26-16)15(9-22-27)25-19(28)24-14-7-13(14)20/h4-6,8-9,13-14,21H,7H2,1-3H3,(H,23,26)(H2,24,25,28)/t13-,14+/m0/s1. The van der Waals surface area contributed by atoms with E-state index < -0.39 is 18.2 Å². The first-order valence-corrected chi connectivity index (χ1v) is 9.06. The first kappa shape index (κ1) is 18.0. The Hall–Kier alpha value is -3.36. The molecule has 1 aromatic carbocycles. The largest absolute Gasteiger partial charge is 0.373 e. The highest BCUT2D eigenvalue weighted by Gasteiger charge is 2.38. The van der Waals surface area contributed by atoms with Crippen molar-refractivity contribution in [3.8, 4) is 0 Å². The van der Waals surface area contributed by atoms with Crippen molar-refractivity contribution in [1.82, 2.24) is 19.9 Å². The first-order chi connectivity index (χ1) is 13.4. The lowest BCUT2D eigenvalue weighted by molar-refractivity contribution is 0.250. The number of hydrogen-bond acceptors (Lipinski definition) is 5. The van der Waals surface area contributed by atoms with Gasteiger partial charge in [-0.25, -0.2) is 14.2 Å². The van der Waals surface area contributed by atoms with Crippen molar-refractivity contribution >= 4 is 34.7 Å². The molecule has 1 fully saturated rings. The number of rotatable bonds is 5. The van der Waals surface area contributed by atoms with Gasteiger partial charge in [-0.2, -0.15) is 9.61 Å². The summed E-state index contributed by atoms with van der Waals surface area (Å²) in [5, 5.41) is 15.9. The van der Waals surface area contributed by atoms with Crippen molar-refractivity contribution in [3.05, 3.63) is 41.6 Å². The zero-order valence-electron chi connectivity index (χ0n) is 15.9. The third kappa shape index (κ3) is 3.68. The van der Waals surface area contributed by atoms with Crippen LogP contribution in [0.15, 0.2) is 30.5 Å². The minimum atomic E-state index is -0.961. The number of hydrogen-bond donors (Lipinski definition) is 4. The minimum absolute atomic E-state index is 0.355. The molecule has 1 aliphatic carbocycles. The molecule has 1 aliphatic rings. The molecule has 0 aliphatic heterocycles. The first-order valence-electron chi connectivity index (χ1n) is 9.06. The molecule has 4 N–H and O–H groups in total. The second-order valence-corrected chi connectivity index (χ2v) is 7.03. The van der Waals surface area contributed by atoms with Crippen LogP contribution >= 0.6 is 0 Å². The second kappa shape index (κ2) is 6.99. The fourth-order valence-electron chi connectivity index (χ4n) is 3.13. The molecule has 2 heterocycles. The number of anilines is 4. The highest BCUT2D eigenvalue weighted by atomic mass is 19.1. The maximum atomic E-state index is 13.0. The predicted molar refractivity (Wildman–Crippen MR) is 107 cm³/mol. The van der Waals surface area contributed by atoms with Gasteiger partial charge in [-0.3, -0.25) is 0 Å². The van der Waals surface area contributed by atoms with Crippen molar-refractivity contribution in [3.63, 3.8) is 0 Å². The summed E-state index contributed by atoms with van der Waals surface area (Å²) in [4.78, 5) is 16.7. The molecular weight excluding hydrogens is 361 g/mol. The van der Waals surface area contributed by atoms with Gasteiger partial charge >= 0.3 is 6.03 Å². The van der Waals surface area contributed by atoms with Gasteiger partial charge in [0.1, 0.15) is 23.5 Å². The van der Waals surface area contributed by atoms with E-state index in [1.54, 1.807) is 11.6 Å². The fourth-order valence-corrected chi connectivity index (χ4v) is 3.13. The lowest BCUT2D eigenvalue weighted by Crippen LogP contribution is -2.31. The van der Waals surface area contributed by atoms with Crippen LogP contribution in [0.1, 0.15) is 17.5 Å². The van der Waals surface area contributed by atoms with Crippen molar-refractivity contribution in [1.29, 1.82) is 0 Å². The number of carbonyl (C=O) groups is 1. The highest BCUT2D eigenvalue weighted by molar-refractivity contribution is 5.93. The second-order valence-electron chi connectivity index (χ2n) is 7.03. The topological polar surface area (TPSA) is 95.4 Å². The van der Waals surface area contributed by atoms with Gasteiger partial charge in [-0.15, -0.1) is 0 Å². The molecule has 146 valence electrons. The van der Waals surface area contributed by atoms with Gasteiger partial charge in [-0.05, 0) is 37.1 Å². The quantitative estimate of drug-likeness (QED) is 0.542. The average molecular weight is 383 g/mol. The van der Waals surface area contributed by atoms with Crippen LogP contribution in [-0.4, -0.2) is 39.9 Å². The molecule has 2 aromatic heterocycles. The van der Waals surface area contributed by atoms with Crippen molar-refractivity contribution in [2.45, 2.75) is 32.5 Å². The maximum absolute atomic E-state index is 13.0. The summed E-state index contributed by atoms with van der Waals surface area (Å²) in [6, 6.07) is 7.11. The van der Waals surface area contributed by atoms with Crippen molar-refractivity contribution in [2.75, 3.05) is 23.0 Å². The summed E-state index contributed by atoms with van der Waals surface area (Å²) >= 11 is 0. The number of urea groups is 1. The Morgan fingerprint density at radius 2 is 1.93 bits per heavy atom. The van der Waals surface area contributed by atoms with Crippen LogP contribution in [0.2, 0.25) is 0 Å². The van der Waals surface area contributed by atoms with E-state index in [4.69, 9.17) is 0 Å². The summed E-state index contributed by atoms with van der Waals surface area (Å²) in [5.41, 5.74) is 4.13. The van der Waals surface area contributed by atoms with E-state index in [2.05, 4.69) is 37.4 Å². The molecule has 0 radical (unpaired) electrons. The molecule has 3 aromatic rings. The summed E-state index contributed by atoms with van der Waals surface area (Å²) in [6.07, 6.45) is 0.912. The van der Waals surface area contributed by atoms with Crippen LogP contribution in [0.3, 0.4) is 0 Å². The Balaban J connectivity index is 1.63. The number of fused-ring (bicyclic) bond motifs is 1. The van der Waals surface area contributed by atoms with E-state index in [9.17, 15) is 9.18 Å². The molecule has 28 heavy (non-hydrogen) atoms. The molecule has 2 atom stereocenters. The third-order valence-electron chi connectivity index (χ3n) is 4.50. The van der Waals surface area contributed by atoms with Gasteiger partial charge in [0, 0.05) is 25.2 Å². The molecule has 0 bridgehead atoms. The van der Waals surface area contributed by atoms with Crippen LogP contribution in [-0.2, 0) is 0 Å². The Kier molecular flexibility index (Phi) is 4.50. The summed E-state index contributed by atoms with van der Waals surface area (Å²) in [6.45, 7) is 4.07. The number of halogens is 1. The van der Waals surface area contributed by atoms with Gasteiger partial charge in [0.25, 0.3) is 0 Å². The number of nitrogens with zero attached hydrogens (tertiary/aromatic N) is 3. The normalized spacial score (nSPS) is 18.0. The van der Waals surface area contributed by atoms with Gasteiger partial charge in [-0.1, -0.05) is 6.07 Å². The van der Waals surface area contributed by atoms with E-state index >= 15 is 0 Å². The van der Waals surface area contributed by atoms with Crippen molar-refractivity contribution < 1.29 is 9.18 Å².